The van der Waals surface area contributed by atoms with E-state index >= 15 is 0 Å². The normalized spacial score (nSPS) is 10.3. The first-order valence-corrected chi connectivity index (χ1v) is 3.36. The van der Waals surface area contributed by atoms with Crippen molar-refractivity contribution in [3.05, 3.63) is 30.4 Å². The second-order valence-electron chi connectivity index (χ2n) is 2.33. The van der Waals surface area contributed by atoms with E-state index in [9.17, 15) is 4.79 Å². The number of fused-ring (bicyclic) bond motifs is 1. The van der Waals surface area contributed by atoms with Crippen molar-refractivity contribution in [3.63, 3.8) is 0 Å². The van der Waals surface area contributed by atoms with Gasteiger partial charge in [0.25, 0.3) is 5.91 Å². The summed E-state index contributed by atoms with van der Waals surface area (Å²) in [6.45, 7) is 0. The summed E-state index contributed by atoms with van der Waals surface area (Å²) in [7, 11) is 0. The summed E-state index contributed by atoms with van der Waals surface area (Å²) in [5, 5.41) is 3.92. The Morgan fingerprint density at radius 3 is 3.08 bits per heavy atom. The van der Waals surface area contributed by atoms with E-state index in [1.54, 1.807) is 23.1 Å². The molecule has 0 aliphatic rings. The molecule has 2 heterocycles. The fraction of sp³-hybridized carbons (Fsp3) is 0. The van der Waals surface area contributed by atoms with Crippen LogP contribution in [0.2, 0.25) is 0 Å². The van der Waals surface area contributed by atoms with Gasteiger partial charge in [0, 0.05) is 12.4 Å². The van der Waals surface area contributed by atoms with E-state index in [4.69, 9.17) is 5.73 Å². The molecular weight excluding hydrogens is 156 g/mol. The predicted molar refractivity (Wildman–Crippen MR) is 41.5 cm³/mol. The Hall–Kier alpha value is -1.91. The summed E-state index contributed by atoms with van der Waals surface area (Å²) < 4.78 is 1.55. The van der Waals surface area contributed by atoms with Crippen molar-refractivity contribution in [1.29, 1.82) is 0 Å². The van der Waals surface area contributed by atoms with E-state index in [0.29, 0.717) is 11.1 Å². The van der Waals surface area contributed by atoms with Crippen LogP contribution in [0.4, 0.5) is 0 Å². The van der Waals surface area contributed by atoms with E-state index < -0.39 is 5.91 Å². The molecule has 12 heavy (non-hydrogen) atoms. The summed E-state index contributed by atoms with van der Waals surface area (Å²) in [5.41, 5.74) is 6.13. The minimum atomic E-state index is -0.488. The van der Waals surface area contributed by atoms with Crippen molar-refractivity contribution in [1.82, 2.24) is 14.6 Å². The zero-order valence-electron chi connectivity index (χ0n) is 6.14. The van der Waals surface area contributed by atoms with Crippen LogP contribution < -0.4 is 5.73 Å². The molecule has 0 aliphatic carbocycles. The maximum atomic E-state index is 10.8. The predicted octanol–water partition coefficient (Wildman–Crippen LogP) is -0.172. The van der Waals surface area contributed by atoms with Gasteiger partial charge in [0.15, 0.2) is 0 Å². The number of hydrogen-bond acceptors (Lipinski definition) is 3. The number of hydrogen-bond donors (Lipinski definition) is 1. The van der Waals surface area contributed by atoms with E-state index in [1.807, 2.05) is 0 Å². The van der Waals surface area contributed by atoms with Gasteiger partial charge in [-0.3, -0.25) is 9.78 Å². The number of carbonyl (C=O) groups excluding carboxylic acids is 1. The Morgan fingerprint density at radius 1 is 1.50 bits per heavy atom. The number of nitrogens with two attached hydrogens (primary N) is 1. The molecule has 1 amide bonds. The summed E-state index contributed by atoms with van der Waals surface area (Å²) in [4.78, 5) is 14.7. The van der Waals surface area contributed by atoms with Crippen molar-refractivity contribution in [2.24, 2.45) is 5.73 Å². The van der Waals surface area contributed by atoms with E-state index in [0.717, 1.165) is 0 Å². The van der Waals surface area contributed by atoms with Crippen LogP contribution in [0.25, 0.3) is 5.52 Å². The Labute approximate surface area is 67.8 Å². The number of nitrogens with zero attached hydrogens (tertiary/aromatic N) is 3. The molecule has 0 aliphatic heterocycles. The monoisotopic (exact) mass is 162 g/mol. The summed E-state index contributed by atoms with van der Waals surface area (Å²) >= 11 is 0. The van der Waals surface area contributed by atoms with Crippen LogP contribution in [0.3, 0.4) is 0 Å². The molecule has 5 heteroatoms. The average Bonchev–Trinajstić information content (AvgIpc) is 2.47. The first-order valence-electron chi connectivity index (χ1n) is 3.36. The minimum absolute atomic E-state index is 0.392. The van der Waals surface area contributed by atoms with Crippen LogP contribution in [-0.2, 0) is 0 Å². The molecule has 2 rings (SSSR count). The number of amides is 1. The fourth-order valence-corrected chi connectivity index (χ4v) is 1.02. The number of primary amides is 1. The van der Waals surface area contributed by atoms with Crippen molar-refractivity contribution < 1.29 is 4.79 Å². The van der Waals surface area contributed by atoms with Crippen molar-refractivity contribution >= 4 is 11.4 Å². The zero-order valence-corrected chi connectivity index (χ0v) is 6.14. The third kappa shape index (κ3) is 0.833. The molecule has 0 unspecified atom stereocenters. The van der Waals surface area contributed by atoms with Crippen LogP contribution >= 0.6 is 0 Å². The Morgan fingerprint density at radius 2 is 2.33 bits per heavy atom. The van der Waals surface area contributed by atoms with Gasteiger partial charge >= 0.3 is 0 Å². The van der Waals surface area contributed by atoms with Gasteiger partial charge in [-0.2, -0.15) is 5.10 Å². The molecule has 0 atom stereocenters. The number of carbonyl (C=O) groups is 1. The van der Waals surface area contributed by atoms with Crippen molar-refractivity contribution in [2.75, 3.05) is 0 Å². The lowest BCUT2D eigenvalue weighted by Crippen LogP contribution is -2.10. The van der Waals surface area contributed by atoms with Gasteiger partial charge in [0.1, 0.15) is 0 Å². The third-order valence-corrected chi connectivity index (χ3v) is 1.59. The molecule has 2 aromatic heterocycles. The maximum absolute atomic E-state index is 10.8. The molecule has 0 saturated carbocycles. The Kier molecular flexibility index (Phi) is 1.30. The summed E-state index contributed by atoms with van der Waals surface area (Å²) in [6, 6.07) is 0. The smallest absolute Gasteiger partial charge is 0.252 e. The largest absolute Gasteiger partial charge is 0.365 e. The topological polar surface area (TPSA) is 73.3 Å². The van der Waals surface area contributed by atoms with Gasteiger partial charge in [-0.25, -0.2) is 4.52 Å². The first-order chi connectivity index (χ1) is 5.79. The van der Waals surface area contributed by atoms with Crippen LogP contribution in [0.5, 0.6) is 0 Å². The SMILES string of the molecule is NC(=O)c1cnn2ccncc12. The maximum Gasteiger partial charge on any atom is 0.252 e. The van der Waals surface area contributed by atoms with Gasteiger partial charge in [-0.05, 0) is 0 Å². The van der Waals surface area contributed by atoms with Gasteiger partial charge < -0.3 is 5.73 Å². The molecule has 60 valence electrons. The number of rotatable bonds is 1. The second-order valence-corrected chi connectivity index (χ2v) is 2.33. The highest BCUT2D eigenvalue weighted by molar-refractivity contribution is 5.99. The van der Waals surface area contributed by atoms with E-state index in [1.165, 1.54) is 6.20 Å². The minimum Gasteiger partial charge on any atom is -0.365 e. The first kappa shape index (κ1) is 6.78. The zero-order chi connectivity index (χ0) is 8.55. The highest BCUT2D eigenvalue weighted by Crippen LogP contribution is 2.06. The third-order valence-electron chi connectivity index (χ3n) is 1.59. The van der Waals surface area contributed by atoms with Gasteiger partial charge in [-0.1, -0.05) is 0 Å². The van der Waals surface area contributed by atoms with Crippen LogP contribution in [0.15, 0.2) is 24.8 Å². The quantitative estimate of drug-likeness (QED) is 0.632. The lowest BCUT2D eigenvalue weighted by Gasteiger charge is -1.91. The molecule has 0 saturated heterocycles. The van der Waals surface area contributed by atoms with Gasteiger partial charge in [0.2, 0.25) is 0 Å². The molecule has 5 nitrogen and oxygen atoms in total. The molecule has 0 radical (unpaired) electrons. The lowest BCUT2D eigenvalue weighted by molar-refractivity contribution is 0.100. The van der Waals surface area contributed by atoms with Crippen molar-refractivity contribution in [2.45, 2.75) is 0 Å². The highest BCUT2D eigenvalue weighted by Gasteiger charge is 2.07. The van der Waals surface area contributed by atoms with E-state index in [-0.39, 0.29) is 0 Å². The van der Waals surface area contributed by atoms with E-state index in [2.05, 4.69) is 10.1 Å². The summed E-state index contributed by atoms with van der Waals surface area (Å²) in [5.74, 6) is -0.488. The van der Waals surface area contributed by atoms with Crippen LogP contribution in [0.1, 0.15) is 10.4 Å². The Balaban J connectivity index is 2.79. The second kappa shape index (κ2) is 2.30. The molecule has 2 aromatic rings. The molecule has 0 bridgehead atoms. The Bertz CT molecular complexity index is 434. The molecule has 0 fully saturated rings. The van der Waals surface area contributed by atoms with Crippen LogP contribution in [0, 0.1) is 0 Å². The molecular formula is C7H6N4O. The molecule has 0 spiro atoms. The van der Waals surface area contributed by atoms with Crippen molar-refractivity contribution in [3.8, 4) is 0 Å². The standard InChI is InChI=1S/C7H6N4O/c8-7(12)5-3-10-11-2-1-9-4-6(5)11/h1-4H,(H2,8,12). The van der Waals surface area contributed by atoms with Gasteiger partial charge in [0.05, 0.1) is 23.5 Å². The fourth-order valence-electron chi connectivity index (χ4n) is 1.02. The van der Waals surface area contributed by atoms with Gasteiger partial charge in [-0.15, -0.1) is 0 Å². The average molecular weight is 162 g/mol. The number of aromatic nitrogens is 3. The van der Waals surface area contributed by atoms with Crippen LogP contribution in [-0.4, -0.2) is 20.5 Å². The molecule has 2 N–H and O–H groups in total. The summed E-state index contributed by atoms with van der Waals surface area (Å²) in [6.07, 6.45) is 6.22. The lowest BCUT2D eigenvalue weighted by atomic mass is 10.3. The highest BCUT2D eigenvalue weighted by atomic mass is 16.1. The molecule has 0 aromatic carbocycles.